The van der Waals surface area contributed by atoms with Gasteiger partial charge in [-0.15, -0.1) is 0 Å². The van der Waals surface area contributed by atoms with E-state index < -0.39 is 11.7 Å². The Kier molecular flexibility index (Phi) is 4.14. The van der Waals surface area contributed by atoms with Gasteiger partial charge in [0.05, 0.1) is 5.54 Å². The third-order valence-electron chi connectivity index (χ3n) is 3.34. The molecule has 0 saturated carbocycles. The van der Waals surface area contributed by atoms with Gasteiger partial charge in [-0.1, -0.05) is 28.9 Å². The molecule has 1 heterocycles. The lowest BCUT2D eigenvalue weighted by atomic mass is 9.92. The molecule has 2 atom stereocenters. The van der Waals surface area contributed by atoms with E-state index in [0.717, 1.165) is 17.6 Å². The molecule has 1 saturated heterocycles. The highest BCUT2D eigenvalue weighted by Crippen LogP contribution is 2.34. The van der Waals surface area contributed by atoms with Crippen LogP contribution in [0.2, 0.25) is 0 Å². The van der Waals surface area contributed by atoms with E-state index in [1.54, 1.807) is 6.92 Å². The second-order valence-electron chi connectivity index (χ2n) is 4.22. The Bertz CT molecular complexity index is 211. The number of halogens is 2. The zero-order chi connectivity index (χ0) is 10.8. The van der Waals surface area contributed by atoms with E-state index >= 15 is 0 Å². The molecule has 1 rings (SSSR count). The summed E-state index contributed by atoms with van der Waals surface area (Å²) in [6, 6.07) is 0. The smallest absolute Gasteiger partial charge is 0.120 e. The van der Waals surface area contributed by atoms with Gasteiger partial charge >= 0.3 is 0 Å². The average Bonchev–Trinajstić information content (AvgIpc) is 2.17. The monoisotopic (exact) mass is 263 g/mol. The number of likely N-dealkylation sites (tertiary alicyclic amines) is 1. The fourth-order valence-electron chi connectivity index (χ4n) is 2.00. The van der Waals surface area contributed by atoms with Crippen molar-refractivity contribution in [3.05, 3.63) is 11.1 Å². The van der Waals surface area contributed by atoms with E-state index in [-0.39, 0.29) is 0 Å². The lowest BCUT2D eigenvalue weighted by molar-refractivity contribution is 0.0529. The molecule has 1 fully saturated rings. The number of nitrogens with zero attached hydrogens (tertiary/aromatic N) is 1. The van der Waals surface area contributed by atoms with Crippen molar-refractivity contribution in [2.45, 2.75) is 44.8 Å². The van der Waals surface area contributed by atoms with Gasteiger partial charge in [-0.05, 0) is 39.8 Å². The topological polar surface area (TPSA) is 3.24 Å². The van der Waals surface area contributed by atoms with Crippen molar-refractivity contribution in [1.82, 2.24) is 4.90 Å². The third-order valence-corrected chi connectivity index (χ3v) is 4.14. The van der Waals surface area contributed by atoms with Crippen LogP contribution in [0.4, 0.5) is 4.39 Å². The van der Waals surface area contributed by atoms with Gasteiger partial charge in [-0.2, -0.15) is 0 Å². The van der Waals surface area contributed by atoms with Crippen molar-refractivity contribution in [2.24, 2.45) is 0 Å². The molecular weight excluding hydrogens is 245 g/mol. The highest BCUT2D eigenvalue weighted by atomic mass is 79.9. The minimum atomic E-state index is -0.896. The average molecular weight is 264 g/mol. The van der Waals surface area contributed by atoms with E-state index in [0.29, 0.717) is 0 Å². The molecule has 0 N–H and O–H groups in total. The molecule has 0 bridgehead atoms. The van der Waals surface area contributed by atoms with E-state index in [9.17, 15) is 4.39 Å². The maximum Gasteiger partial charge on any atom is 0.120 e. The van der Waals surface area contributed by atoms with Crippen LogP contribution in [0.25, 0.3) is 0 Å². The molecule has 1 aliphatic heterocycles. The third kappa shape index (κ3) is 2.19. The Hall–Kier alpha value is 0.110. The molecule has 82 valence electrons. The van der Waals surface area contributed by atoms with Crippen LogP contribution in [0.3, 0.4) is 0 Å². The molecular formula is C11H19BrFN. The standard InChI is InChI=1S/C11H19BrFN/c1-9(12)11(3,10(2)13)14-7-5-4-6-8-14/h10H,1,4-8H2,2-3H3/t10-,11?/m0/s1. The van der Waals surface area contributed by atoms with Gasteiger partial charge in [-0.25, -0.2) is 4.39 Å². The number of hydrogen-bond donors (Lipinski definition) is 0. The van der Waals surface area contributed by atoms with Crippen LogP contribution in [-0.2, 0) is 0 Å². The summed E-state index contributed by atoms with van der Waals surface area (Å²) < 4.78 is 14.4. The first-order chi connectivity index (χ1) is 6.49. The second kappa shape index (κ2) is 4.75. The Balaban J connectivity index is 2.80. The van der Waals surface area contributed by atoms with Crippen molar-refractivity contribution in [1.29, 1.82) is 0 Å². The summed E-state index contributed by atoms with van der Waals surface area (Å²) in [5.74, 6) is 0. The first-order valence-corrected chi connectivity index (χ1v) is 6.03. The molecule has 0 aromatic rings. The number of alkyl halides is 1. The van der Waals surface area contributed by atoms with Gasteiger partial charge < -0.3 is 0 Å². The summed E-state index contributed by atoms with van der Waals surface area (Å²) in [5, 5.41) is 0. The molecule has 0 spiro atoms. The van der Waals surface area contributed by atoms with E-state index in [1.807, 2.05) is 6.92 Å². The van der Waals surface area contributed by atoms with Crippen LogP contribution in [0.1, 0.15) is 33.1 Å². The SMILES string of the molecule is C=C(Br)C(C)([C@H](C)F)N1CCCCC1. The molecule has 1 aliphatic rings. The number of rotatable bonds is 3. The van der Waals surface area contributed by atoms with Gasteiger partial charge in [-0.3, -0.25) is 4.90 Å². The lowest BCUT2D eigenvalue weighted by Gasteiger charge is -2.44. The Morgan fingerprint density at radius 1 is 1.43 bits per heavy atom. The summed E-state index contributed by atoms with van der Waals surface area (Å²) in [7, 11) is 0. The van der Waals surface area contributed by atoms with Crippen LogP contribution in [-0.4, -0.2) is 29.7 Å². The summed E-state index contributed by atoms with van der Waals surface area (Å²) in [6.07, 6.45) is 2.71. The zero-order valence-corrected chi connectivity index (χ0v) is 10.6. The molecule has 0 amide bonds. The van der Waals surface area contributed by atoms with Gasteiger partial charge in [0, 0.05) is 4.48 Å². The first kappa shape index (κ1) is 12.2. The molecule has 1 nitrogen and oxygen atoms in total. The van der Waals surface area contributed by atoms with Crippen molar-refractivity contribution in [2.75, 3.05) is 13.1 Å². The number of hydrogen-bond acceptors (Lipinski definition) is 1. The van der Waals surface area contributed by atoms with Crippen LogP contribution in [0.15, 0.2) is 11.1 Å². The Morgan fingerprint density at radius 2 is 1.93 bits per heavy atom. The van der Waals surface area contributed by atoms with Crippen LogP contribution < -0.4 is 0 Å². The van der Waals surface area contributed by atoms with Crippen LogP contribution in [0.5, 0.6) is 0 Å². The van der Waals surface area contributed by atoms with Crippen LogP contribution >= 0.6 is 15.9 Å². The molecule has 1 unspecified atom stereocenters. The van der Waals surface area contributed by atoms with Gasteiger partial charge in [0.1, 0.15) is 6.17 Å². The molecule has 0 aromatic heterocycles. The maximum absolute atomic E-state index is 13.7. The quantitative estimate of drug-likeness (QED) is 0.754. The molecule has 3 heteroatoms. The van der Waals surface area contributed by atoms with Crippen molar-refractivity contribution < 1.29 is 4.39 Å². The van der Waals surface area contributed by atoms with Gasteiger partial charge in [0.15, 0.2) is 0 Å². The molecule has 0 radical (unpaired) electrons. The second-order valence-corrected chi connectivity index (χ2v) is 5.17. The van der Waals surface area contributed by atoms with E-state index in [4.69, 9.17) is 0 Å². The highest BCUT2D eigenvalue weighted by molar-refractivity contribution is 9.11. The summed E-state index contributed by atoms with van der Waals surface area (Å²) in [6.45, 7) is 9.36. The Labute approximate surface area is 94.5 Å². The van der Waals surface area contributed by atoms with Gasteiger partial charge in [0.25, 0.3) is 0 Å². The molecule has 14 heavy (non-hydrogen) atoms. The van der Waals surface area contributed by atoms with Gasteiger partial charge in [0.2, 0.25) is 0 Å². The van der Waals surface area contributed by atoms with E-state index in [2.05, 4.69) is 27.4 Å². The highest BCUT2D eigenvalue weighted by Gasteiger charge is 2.39. The normalized spacial score (nSPS) is 25.4. The minimum Gasteiger partial charge on any atom is -0.291 e. The predicted octanol–water partition coefficient (Wildman–Crippen LogP) is 3.50. The summed E-state index contributed by atoms with van der Waals surface area (Å²) >= 11 is 3.36. The Morgan fingerprint density at radius 3 is 2.29 bits per heavy atom. The predicted molar refractivity (Wildman–Crippen MR) is 62.5 cm³/mol. The van der Waals surface area contributed by atoms with E-state index in [1.165, 1.54) is 19.3 Å². The fraction of sp³-hybridized carbons (Fsp3) is 0.818. The first-order valence-electron chi connectivity index (χ1n) is 5.23. The van der Waals surface area contributed by atoms with Crippen molar-refractivity contribution in [3.8, 4) is 0 Å². The largest absolute Gasteiger partial charge is 0.291 e. The maximum atomic E-state index is 13.7. The van der Waals surface area contributed by atoms with Crippen LogP contribution in [0, 0.1) is 0 Å². The summed E-state index contributed by atoms with van der Waals surface area (Å²) in [5.41, 5.74) is -0.541. The molecule has 0 aromatic carbocycles. The zero-order valence-electron chi connectivity index (χ0n) is 9.02. The molecule has 0 aliphatic carbocycles. The lowest BCUT2D eigenvalue weighted by Crippen LogP contribution is -2.54. The summed E-state index contributed by atoms with van der Waals surface area (Å²) in [4.78, 5) is 2.21. The minimum absolute atomic E-state index is 0.541. The van der Waals surface area contributed by atoms with Crippen molar-refractivity contribution in [3.63, 3.8) is 0 Å². The van der Waals surface area contributed by atoms with Crippen molar-refractivity contribution >= 4 is 15.9 Å². The fourth-order valence-corrected chi connectivity index (χ4v) is 2.56. The number of piperidine rings is 1.